The van der Waals surface area contributed by atoms with Crippen LogP contribution in [0.3, 0.4) is 0 Å². The zero-order valence-corrected chi connectivity index (χ0v) is 86.6. The third-order valence-corrected chi connectivity index (χ3v) is 37.2. The highest BCUT2D eigenvalue weighted by atomic mass is 14.5. The Kier molecular flexibility index (Phi) is 17.9. The maximum atomic E-state index is 2.53. The van der Waals surface area contributed by atoms with E-state index in [1.807, 2.05) is 0 Å². The van der Waals surface area contributed by atoms with E-state index in [2.05, 4.69) is 520 Å². The van der Waals surface area contributed by atoms with Crippen molar-refractivity contribution in [3.63, 3.8) is 0 Å². The molecule has 0 heteroatoms. The molecule has 0 spiro atoms. The maximum absolute atomic E-state index is 2.53. The summed E-state index contributed by atoms with van der Waals surface area (Å²) in [5, 5.41) is 15.7. The maximum Gasteiger partial charge on any atom is 0.0159 e. The average molecular weight is 1910 g/mol. The summed E-state index contributed by atoms with van der Waals surface area (Å²) in [6, 6.07) is 168. The van der Waals surface area contributed by atoms with Gasteiger partial charge in [-0.25, -0.2) is 0 Å². The predicted molar refractivity (Wildman–Crippen MR) is 636 cm³/mol. The molecule has 0 nitrogen and oxygen atoms in total. The minimum absolute atomic E-state index is 0.0259. The molecular formula is C150H108. The molecule has 32 rings (SSSR count). The molecule has 0 bridgehead atoms. The quantitative estimate of drug-likeness (QED) is 0.133. The van der Waals surface area contributed by atoms with Crippen molar-refractivity contribution < 1.29 is 0 Å². The molecule has 0 amide bonds. The Bertz CT molecular complexity index is 10200. The van der Waals surface area contributed by atoms with Gasteiger partial charge >= 0.3 is 0 Å². The molecule has 24 aromatic rings. The van der Waals surface area contributed by atoms with Crippen molar-refractivity contribution in [1.82, 2.24) is 0 Å². The molecule has 24 aromatic carbocycles. The lowest BCUT2D eigenvalue weighted by molar-refractivity contribution is 0.659. The van der Waals surface area contributed by atoms with Gasteiger partial charge in [-0.2, -0.15) is 0 Å². The van der Waals surface area contributed by atoms with Crippen LogP contribution in [0.1, 0.15) is 150 Å². The van der Waals surface area contributed by atoms with Gasteiger partial charge in [-0.1, -0.05) is 429 Å². The molecule has 8 aliphatic rings. The van der Waals surface area contributed by atoms with E-state index < -0.39 is 0 Å². The summed E-state index contributed by atoms with van der Waals surface area (Å²) < 4.78 is 0. The van der Waals surface area contributed by atoms with Gasteiger partial charge in [0, 0.05) is 32.5 Å². The molecule has 0 radical (unpaired) electrons. The summed E-state index contributed by atoms with van der Waals surface area (Å²) in [5.74, 6) is 0. The standard InChI is InChI=1S/C81H58.C69H50/c1-79(2)71-24-16-15-22-58(71)59-32-26-50(40-72(59)79)51-27-33-60-61-34-28-52(42-74(61)80(3,4)73(60)41-51)53-29-35-62-63-36-30-54(44-76(63)81(5,6)75(62)43-53)66-45-69-65-38-37-55(48-19-11-8-12-20-48)77-64-23-14-13-21-56(64)70(78(65)77)46-68(69)57-31-25-49(39-67(57)66)47-17-9-7-10-18-47;1-67(2)60-21-12-11-18-48(60)49-27-22-39(32-61(49)67)40-23-28-50-51-29-24-41(34-63(51)68(3,4)62(50)33-40)42-25-30-52-53-31-26-43(36-65(53)69(5,6)64(52)35-42)56-37-58-55-20-13-19-54-44-14-7-10-17-47(44)59(66(54)55)38-57(58)46-16-9-8-15-45(46)56/h7-46H,1-6H3;7-38H,1-6H3. The van der Waals surface area contributed by atoms with E-state index in [1.54, 1.807) is 0 Å². The molecule has 708 valence electrons. The highest BCUT2D eigenvalue weighted by Crippen LogP contribution is 2.63. The molecule has 0 saturated heterocycles. The molecule has 150 heavy (non-hydrogen) atoms. The first-order chi connectivity index (χ1) is 72.9. The van der Waals surface area contributed by atoms with Gasteiger partial charge in [0.05, 0.1) is 0 Å². The van der Waals surface area contributed by atoms with Gasteiger partial charge < -0.3 is 0 Å². The lowest BCUT2D eigenvalue weighted by Crippen LogP contribution is -2.16. The summed E-state index contributed by atoms with van der Waals surface area (Å²) in [6.07, 6.45) is 0. The molecule has 0 atom stereocenters. The molecule has 0 heterocycles. The number of hydrogen-bond acceptors (Lipinski definition) is 0. The van der Waals surface area contributed by atoms with Crippen molar-refractivity contribution in [3.05, 3.63) is 504 Å². The number of benzene rings is 24. The van der Waals surface area contributed by atoms with Crippen LogP contribution in [0.2, 0.25) is 0 Å². The zero-order chi connectivity index (χ0) is 101. The van der Waals surface area contributed by atoms with Gasteiger partial charge in [0.1, 0.15) is 0 Å². The first kappa shape index (κ1) is 87.1. The van der Waals surface area contributed by atoms with E-state index in [-0.39, 0.29) is 32.5 Å². The number of hydrogen-bond donors (Lipinski definition) is 0. The smallest absolute Gasteiger partial charge is 0.0159 e. The Morgan fingerprint density at radius 1 is 0.100 bits per heavy atom. The van der Waals surface area contributed by atoms with Gasteiger partial charge in [-0.3, -0.25) is 0 Å². The van der Waals surface area contributed by atoms with Crippen LogP contribution < -0.4 is 0 Å². The molecule has 0 unspecified atom stereocenters. The second kappa shape index (κ2) is 30.8. The van der Waals surface area contributed by atoms with Crippen molar-refractivity contribution in [2.24, 2.45) is 0 Å². The number of rotatable bonds is 8. The lowest BCUT2D eigenvalue weighted by Gasteiger charge is -2.24. The second-order valence-corrected chi connectivity index (χ2v) is 47.1. The Labute approximate surface area is 877 Å². The van der Waals surface area contributed by atoms with E-state index >= 15 is 0 Å². The van der Waals surface area contributed by atoms with Crippen LogP contribution >= 0.6 is 0 Å². The van der Waals surface area contributed by atoms with Gasteiger partial charge in [-0.05, 0) is 423 Å². The fourth-order valence-electron chi connectivity index (χ4n) is 29.3. The monoisotopic (exact) mass is 1910 g/mol. The fourth-order valence-corrected chi connectivity index (χ4v) is 29.3. The van der Waals surface area contributed by atoms with Crippen LogP contribution in [0.15, 0.2) is 437 Å². The molecule has 0 N–H and O–H groups in total. The van der Waals surface area contributed by atoms with Crippen LogP contribution in [0, 0.1) is 0 Å². The first-order valence-electron chi connectivity index (χ1n) is 53.8. The van der Waals surface area contributed by atoms with Crippen molar-refractivity contribution in [3.8, 4) is 200 Å². The third-order valence-electron chi connectivity index (χ3n) is 37.2. The highest BCUT2D eigenvalue weighted by molar-refractivity contribution is 6.32. The normalized spacial score (nSPS) is 15.1. The van der Waals surface area contributed by atoms with Crippen LogP contribution in [0.25, 0.3) is 265 Å². The van der Waals surface area contributed by atoms with Crippen molar-refractivity contribution in [2.75, 3.05) is 0 Å². The Morgan fingerprint density at radius 3 is 0.733 bits per heavy atom. The van der Waals surface area contributed by atoms with E-state index in [0.717, 1.165) is 0 Å². The Hall–Kier alpha value is -17.2. The van der Waals surface area contributed by atoms with Crippen LogP contribution in [-0.2, 0) is 32.5 Å². The molecule has 0 aliphatic heterocycles. The van der Waals surface area contributed by atoms with E-state index in [9.17, 15) is 0 Å². The van der Waals surface area contributed by atoms with Crippen LogP contribution in [0.4, 0.5) is 0 Å². The summed E-state index contributed by atoms with van der Waals surface area (Å²) >= 11 is 0. The van der Waals surface area contributed by atoms with Gasteiger partial charge in [0.2, 0.25) is 0 Å². The summed E-state index contributed by atoms with van der Waals surface area (Å²) in [5.41, 5.74) is 63.2. The van der Waals surface area contributed by atoms with Crippen LogP contribution in [-0.4, -0.2) is 0 Å². The van der Waals surface area contributed by atoms with Gasteiger partial charge in [0.15, 0.2) is 0 Å². The van der Waals surface area contributed by atoms with E-state index in [0.29, 0.717) is 0 Å². The largest absolute Gasteiger partial charge is 0.0622 e. The van der Waals surface area contributed by atoms with Gasteiger partial charge in [0.25, 0.3) is 0 Å². The van der Waals surface area contributed by atoms with Crippen LogP contribution in [0.5, 0.6) is 0 Å². The summed E-state index contributed by atoms with van der Waals surface area (Å²) in [4.78, 5) is 0. The highest BCUT2D eigenvalue weighted by Gasteiger charge is 2.45. The van der Waals surface area contributed by atoms with Crippen molar-refractivity contribution in [2.45, 2.75) is 116 Å². The van der Waals surface area contributed by atoms with E-state index in [1.165, 1.54) is 332 Å². The third kappa shape index (κ3) is 12.1. The Morgan fingerprint density at radius 2 is 0.333 bits per heavy atom. The number of fused-ring (bicyclic) bond motifs is 32. The molecule has 0 fully saturated rings. The molecular weight excluding hydrogens is 1800 g/mol. The van der Waals surface area contributed by atoms with Gasteiger partial charge in [-0.15, -0.1) is 0 Å². The second-order valence-electron chi connectivity index (χ2n) is 47.1. The average Bonchev–Trinajstić information content (AvgIpc) is 1.40. The topological polar surface area (TPSA) is 0 Å². The molecule has 0 aromatic heterocycles. The van der Waals surface area contributed by atoms with Crippen molar-refractivity contribution >= 4 is 64.6 Å². The Balaban J connectivity index is 0.000000137. The summed E-state index contributed by atoms with van der Waals surface area (Å²) in [7, 11) is 0. The minimum Gasteiger partial charge on any atom is -0.0622 e. The minimum atomic E-state index is -0.231. The van der Waals surface area contributed by atoms with Crippen molar-refractivity contribution in [1.29, 1.82) is 0 Å². The molecule has 0 saturated carbocycles. The lowest BCUT2D eigenvalue weighted by atomic mass is 9.79. The van der Waals surface area contributed by atoms with E-state index in [4.69, 9.17) is 0 Å². The predicted octanol–water partition coefficient (Wildman–Crippen LogP) is 40.8. The fraction of sp³-hybridized carbons (Fsp3) is 0.120. The summed E-state index contributed by atoms with van der Waals surface area (Å²) in [6.45, 7) is 28.9. The molecule has 8 aliphatic carbocycles. The SMILES string of the molecule is CC1(C)c2ccccc2-c2ccc(-c3ccc4c(c3)C(C)(C)c3cc(-c5ccc6c(c5)C(C)(C)c5cc(-c7cc8c9ccc(-c%10ccccc%10)c%10c9c(cc8c8ccc(-c9ccccc9)cc78)-c7ccccc7-%10)ccc5-6)ccc3-4)cc21.CC1(C)c2ccccc2-c2ccc(-c3ccc4c(c3)C(C)(C)c3cc(-c5ccc6c(c5)C(C)(C)c5cc(-c7cc8c9cccc%10c9c(cc8c8ccccc78)-c7ccccc7-%10)ccc5-6)ccc3-4)cc21. The zero-order valence-electron chi connectivity index (χ0n) is 86.6. The first-order valence-corrected chi connectivity index (χ1v) is 53.8.